The van der Waals surface area contributed by atoms with E-state index in [9.17, 15) is 9.59 Å². The van der Waals surface area contributed by atoms with Gasteiger partial charge in [-0.3, -0.25) is 4.79 Å². The van der Waals surface area contributed by atoms with Crippen LogP contribution >= 0.6 is 0 Å². The lowest BCUT2D eigenvalue weighted by atomic mass is 10.2. The molecule has 1 saturated heterocycles. The second-order valence-electron chi connectivity index (χ2n) is 4.54. The SMILES string of the molecule is CNC(=O)COC(=O)N1CCN(c2ccccc2)CC1. The van der Waals surface area contributed by atoms with Crippen molar-refractivity contribution in [2.45, 2.75) is 0 Å². The minimum atomic E-state index is -0.429. The zero-order valence-corrected chi connectivity index (χ0v) is 11.5. The van der Waals surface area contributed by atoms with Gasteiger partial charge in [-0.2, -0.15) is 0 Å². The summed E-state index contributed by atoms with van der Waals surface area (Å²) in [5, 5.41) is 2.41. The van der Waals surface area contributed by atoms with E-state index in [4.69, 9.17) is 4.74 Å². The van der Waals surface area contributed by atoms with Crippen molar-refractivity contribution in [1.82, 2.24) is 10.2 Å². The van der Waals surface area contributed by atoms with Crippen molar-refractivity contribution >= 4 is 17.7 Å². The third kappa shape index (κ3) is 3.63. The van der Waals surface area contributed by atoms with Gasteiger partial charge in [0, 0.05) is 38.9 Å². The van der Waals surface area contributed by atoms with E-state index in [0.29, 0.717) is 13.1 Å². The molecule has 1 N–H and O–H groups in total. The maximum atomic E-state index is 11.8. The molecule has 1 aromatic carbocycles. The van der Waals surface area contributed by atoms with Gasteiger partial charge in [0.2, 0.25) is 0 Å². The molecule has 1 aromatic rings. The van der Waals surface area contributed by atoms with E-state index in [1.165, 1.54) is 7.05 Å². The van der Waals surface area contributed by atoms with E-state index in [0.717, 1.165) is 18.8 Å². The van der Waals surface area contributed by atoms with Crippen molar-refractivity contribution in [2.24, 2.45) is 0 Å². The summed E-state index contributed by atoms with van der Waals surface area (Å²) in [5.74, 6) is -0.304. The summed E-state index contributed by atoms with van der Waals surface area (Å²) in [5.41, 5.74) is 1.16. The Hall–Kier alpha value is -2.24. The molecule has 2 rings (SSSR count). The van der Waals surface area contributed by atoms with Crippen LogP contribution in [0.5, 0.6) is 0 Å². The minimum Gasteiger partial charge on any atom is -0.439 e. The molecule has 0 aromatic heterocycles. The average molecular weight is 277 g/mol. The predicted molar refractivity (Wildman–Crippen MR) is 75.6 cm³/mol. The molecular weight excluding hydrogens is 258 g/mol. The second-order valence-corrected chi connectivity index (χ2v) is 4.54. The Morgan fingerprint density at radius 3 is 2.40 bits per heavy atom. The Kier molecular flexibility index (Phi) is 4.81. The van der Waals surface area contributed by atoms with E-state index < -0.39 is 6.09 Å². The fourth-order valence-electron chi connectivity index (χ4n) is 2.08. The predicted octanol–water partition coefficient (Wildman–Crippen LogP) is 0.691. The number of benzene rings is 1. The zero-order chi connectivity index (χ0) is 14.4. The number of carbonyl (C=O) groups excluding carboxylic acids is 2. The molecular formula is C14H19N3O3. The van der Waals surface area contributed by atoms with E-state index in [-0.39, 0.29) is 12.5 Å². The third-order valence-corrected chi connectivity index (χ3v) is 3.26. The summed E-state index contributed by atoms with van der Waals surface area (Å²) in [6.07, 6.45) is -0.429. The Balaban J connectivity index is 1.79. The first kappa shape index (κ1) is 14.2. The number of hydrogen-bond acceptors (Lipinski definition) is 4. The molecule has 1 heterocycles. The van der Waals surface area contributed by atoms with E-state index in [2.05, 4.69) is 22.3 Å². The molecule has 6 heteroatoms. The van der Waals surface area contributed by atoms with E-state index in [1.54, 1.807) is 4.90 Å². The number of nitrogens with one attached hydrogen (secondary N) is 1. The summed E-state index contributed by atoms with van der Waals surface area (Å²) >= 11 is 0. The summed E-state index contributed by atoms with van der Waals surface area (Å²) in [6.45, 7) is 2.50. The van der Waals surface area contributed by atoms with Crippen LogP contribution in [0.4, 0.5) is 10.5 Å². The highest BCUT2D eigenvalue weighted by molar-refractivity contribution is 5.79. The molecule has 108 valence electrons. The van der Waals surface area contributed by atoms with Crippen molar-refractivity contribution < 1.29 is 14.3 Å². The van der Waals surface area contributed by atoms with Gasteiger partial charge in [0.1, 0.15) is 0 Å². The lowest BCUT2D eigenvalue weighted by Crippen LogP contribution is -2.49. The second kappa shape index (κ2) is 6.79. The number of hydrogen-bond donors (Lipinski definition) is 1. The van der Waals surface area contributed by atoms with Crippen LogP contribution in [0.25, 0.3) is 0 Å². The maximum absolute atomic E-state index is 11.8. The molecule has 0 radical (unpaired) electrons. The Morgan fingerprint density at radius 1 is 1.15 bits per heavy atom. The van der Waals surface area contributed by atoms with Gasteiger partial charge in [0.05, 0.1) is 0 Å². The van der Waals surface area contributed by atoms with Gasteiger partial charge in [0.25, 0.3) is 5.91 Å². The number of rotatable bonds is 3. The molecule has 0 aliphatic carbocycles. The molecule has 20 heavy (non-hydrogen) atoms. The first-order chi connectivity index (χ1) is 9.70. The van der Waals surface area contributed by atoms with Gasteiger partial charge in [-0.05, 0) is 12.1 Å². The summed E-state index contributed by atoms with van der Waals surface area (Å²) in [6, 6.07) is 10.1. The third-order valence-electron chi connectivity index (χ3n) is 3.26. The summed E-state index contributed by atoms with van der Waals surface area (Å²) in [4.78, 5) is 26.6. The first-order valence-electron chi connectivity index (χ1n) is 6.63. The molecule has 1 aliphatic heterocycles. The Bertz CT molecular complexity index is 456. The van der Waals surface area contributed by atoms with Crippen LogP contribution < -0.4 is 10.2 Å². The van der Waals surface area contributed by atoms with Crippen LogP contribution in [0.15, 0.2) is 30.3 Å². The van der Waals surface area contributed by atoms with Gasteiger partial charge in [-0.1, -0.05) is 18.2 Å². The molecule has 6 nitrogen and oxygen atoms in total. The number of piperazine rings is 1. The molecule has 0 atom stereocenters. The van der Waals surface area contributed by atoms with Crippen LogP contribution in [0.3, 0.4) is 0 Å². The number of anilines is 1. The zero-order valence-electron chi connectivity index (χ0n) is 11.5. The van der Waals surface area contributed by atoms with E-state index >= 15 is 0 Å². The number of amides is 2. The standard InChI is InChI=1S/C14H19N3O3/c1-15-13(18)11-20-14(19)17-9-7-16(8-10-17)12-5-3-2-4-6-12/h2-6H,7-11H2,1H3,(H,15,18). The Morgan fingerprint density at radius 2 is 1.80 bits per heavy atom. The van der Waals surface area contributed by atoms with Gasteiger partial charge in [0.15, 0.2) is 6.61 Å². The molecule has 0 spiro atoms. The fourth-order valence-corrected chi connectivity index (χ4v) is 2.08. The van der Waals surface area contributed by atoms with Crippen LogP contribution in [0.2, 0.25) is 0 Å². The number of para-hydroxylation sites is 1. The molecule has 2 amide bonds. The maximum Gasteiger partial charge on any atom is 0.410 e. The summed E-state index contributed by atoms with van der Waals surface area (Å²) < 4.78 is 4.93. The van der Waals surface area contributed by atoms with Crippen LogP contribution in [0, 0.1) is 0 Å². The minimum absolute atomic E-state index is 0.228. The smallest absolute Gasteiger partial charge is 0.410 e. The number of carbonyl (C=O) groups is 2. The van der Waals surface area contributed by atoms with Crippen molar-refractivity contribution in [3.63, 3.8) is 0 Å². The lowest BCUT2D eigenvalue weighted by Gasteiger charge is -2.35. The van der Waals surface area contributed by atoms with Crippen molar-refractivity contribution in [3.05, 3.63) is 30.3 Å². The van der Waals surface area contributed by atoms with Crippen LogP contribution in [-0.2, 0) is 9.53 Å². The quantitative estimate of drug-likeness (QED) is 0.883. The van der Waals surface area contributed by atoms with Gasteiger partial charge < -0.3 is 19.9 Å². The van der Waals surface area contributed by atoms with Crippen LogP contribution in [0.1, 0.15) is 0 Å². The highest BCUT2D eigenvalue weighted by Gasteiger charge is 2.22. The number of ether oxygens (including phenoxy) is 1. The fraction of sp³-hybridized carbons (Fsp3) is 0.429. The van der Waals surface area contributed by atoms with Gasteiger partial charge >= 0.3 is 6.09 Å². The Labute approximate surface area is 118 Å². The van der Waals surface area contributed by atoms with Crippen LogP contribution in [-0.4, -0.2) is 56.7 Å². The van der Waals surface area contributed by atoms with Gasteiger partial charge in [-0.25, -0.2) is 4.79 Å². The monoisotopic (exact) mass is 277 g/mol. The van der Waals surface area contributed by atoms with Gasteiger partial charge in [-0.15, -0.1) is 0 Å². The first-order valence-corrected chi connectivity index (χ1v) is 6.63. The molecule has 1 aliphatic rings. The van der Waals surface area contributed by atoms with Crippen molar-refractivity contribution in [2.75, 3.05) is 44.7 Å². The number of likely N-dealkylation sites (N-methyl/N-ethyl adjacent to an activating group) is 1. The van der Waals surface area contributed by atoms with E-state index in [1.807, 2.05) is 18.2 Å². The highest BCUT2D eigenvalue weighted by Crippen LogP contribution is 2.15. The normalized spacial score (nSPS) is 14.8. The van der Waals surface area contributed by atoms with Crippen molar-refractivity contribution in [1.29, 1.82) is 0 Å². The average Bonchev–Trinajstić information content (AvgIpc) is 2.53. The molecule has 0 bridgehead atoms. The largest absolute Gasteiger partial charge is 0.439 e. The summed E-state index contributed by atoms with van der Waals surface area (Å²) in [7, 11) is 1.51. The number of nitrogens with zero attached hydrogens (tertiary/aromatic N) is 2. The van der Waals surface area contributed by atoms with Crippen molar-refractivity contribution in [3.8, 4) is 0 Å². The highest BCUT2D eigenvalue weighted by atomic mass is 16.6. The molecule has 0 unspecified atom stereocenters. The lowest BCUT2D eigenvalue weighted by molar-refractivity contribution is -0.123. The molecule has 1 fully saturated rings. The molecule has 0 saturated carbocycles. The topological polar surface area (TPSA) is 61.9 Å².